The summed E-state index contributed by atoms with van der Waals surface area (Å²) in [7, 11) is 4.95. The number of methoxy groups -OCH3 is 2. The third kappa shape index (κ3) is 6.58. The van der Waals surface area contributed by atoms with Crippen LogP contribution in [0.2, 0.25) is 0 Å². The second-order valence-electron chi connectivity index (χ2n) is 6.50. The molecule has 0 aromatic heterocycles. The van der Waals surface area contributed by atoms with Crippen molar-refractivity contribution in [1.29, 1.82) is 0 Å². The monoisotopic (exact) mass is 393 g/mol. The number of benzene rings is 1. The molecular formula is C19H31N5O4. The minimum Gasteiger partial charge on any atom is -0.508 e. The number of phenols is 1. The molecule has 1 aliphatic rings. The number of phenolic OH excluding ortho intramolecular Hbond substituents is 1. The molecule has 0 unspecified atom stereocenters. The van der Waals surface area contributed by atoms with Gasteiger partial charge in [-0.3, -0.25) is 14.7 Å². The van der Waals surface area contributed by atoms with Gasteiger partial charge in [0.15, 0.2) is 5.96 Å². The fourth-order valence-electron chi connectivity index (χ4n) is 3.01. The van der Waals surface area contributed by atoms with Crippen molar-refractivity contribution in [3.8, 4) is 11.5 Å². The highest BCUT2D eigenvalue weighted by Gasteiger charge is 2.21. The van der Waals surface area contributed by atoms with Gasteiger partial charge in [0.05, 0.1) is 20.3 Å². The standard InChI is InChI=1S/C19H31N5O4/c1-20-19(22-13-15-12-16(28-3)4-5-17(15)25)24-9-7-23(8-10-24)14-18(26)21-6-11-27-2/h4-5,12,25H,6-11,13-14H2,1-3H3,(H,20,22)(H,21,26). The van der Waals surface area contributed by atoms with Gasteiger partial charge in [-0.15, -0.1) is 0 Å². The molecule has 0 bridgehead atoms. The van der Waals surface area contributed by atoms with Crippen LogP contribution in [0.15, 0.2) is 23.2 Å². The van der Waals surface area contributed by atoms with Gasteiger partial charge in [-0.25, -0.2) is 0 Å². The molecule has 0 saturated carbocycles. The largest absolute Gasteiger partial charge is 0.508 e. The summed E-state index contributed by atoms with van der Waals surface area (Å²) in [4.78, 5) is 20.5. The summed E-state index contributed by atoms with van der Waals surface area (Å²) in [6, 6.07) is 5.14. The SMILES string of the molecule is CN=C(NCc1cc(OC)ccc1O)N1CCN(CC(=O)NCCOC)CC1. The summed E-state index contributed by atoms with van der Waals surface area (Å²) in [5.41, 5.74) is 0.742. The molecule has 1 aromatic rings. The first-order valence-corrected chi connectivity index (χ1v) is 9.36. The number of hydrogen-bond donors (Lipinski definition) is 3. The van der Waals surface area contributed by atoms with Crippen LogP contribution in [0, 0.1) is 0 Å². The maximum absolute atomic E-state index is 11.9. The van der Waals surface area contributed by atoms with E-state index in [9.17, 15) is 9.90 Å². The van der Waals surface area contributed by atoms with E-state index in [4.69, 9.17) is 9.47 Å². The molecule has 9 nitrogen and oxygen atoms in total. The molecule has 1 saturated heterocycles. The van der Waals surface area contributed by atoms with Crippen molar-refractivity contribution in [1.82, 2.24) is 20.4 Å². The van der Waals surface area contributed by atoms with Gasteiger partial charge in [-0.05, 0) is 18.2 Å². The molecular weight excluding hydrogens is 362 g/mol. The van der Waals surface area contributed by atoms with E-state index in [1.165, 1.54) is 0 Å². The van der Waals surface area contributed by atoms with Gasteiger partial charge in [0.1, 0.15) is 11.5 Å². The van der Waals surface area contributed by atoms with Crippen LogP contribution < -0.4 is 15.4 Å². The third-order valence-corrected chi connectivity index (χ3v) is 4.60. The van der Waals surface area contributed by atoms with Gasteiger partial charge < -0.3 is 30.1 Å². The Morgan fingerprint density at radius 1 is 1.21 bits per heavy atom. The summed E-state index contributed by atoms with van der Waals surface area (Å²) < 4.78 is 10.1. The van der Waals surface area contributed by atoms with Crippen LogP contribution in [0.4, 0.5) is 0 Å². The Kier molecular flexibility index (Phi) is 8.83. The molecule has 9 heteroatoms. The predicted octanol–water partition coefficient (Wildman–Crippen LogP) is -0.144. The van der Waals surface area contributed by atoms with Crippen LogP contribution in [0.25, 0.3) is 0 Å². The molecule has 0 atom stereocenters. The summed E-state index contributed by atoms with van der Waals surface area (Å²) in [5, 5.41) is 16.1. The molecule has 2 rings (SSSR count). The molecule has 1 fully saturated rings. The Labute approximate surface area is 166 Å². The fraction of sp³-hybridized carbons (Fsp3) is 0.579. The average molecular weight is 393 g/mol. The molecule has 156 valence electrons. The number of carbonyl (C=O) groups excluding carboxylic acids is 1. The van der Waals surface area contributed by atoms with Gasteiger partial charge in [0.2, 0.25) is 5.91 Å². The number of guanidine groups is 1. The van der Waals surface area contributed by atoms with Crippen molar-refractivity contribution in [2.24, 2.45) is 4.99 Å². The summed E-state index contributed by atoms with van der Waals surface area (Å²) >= 11 is 0. The smallest absolute Gasteiger partial charge is 0.234 e. The van der Waals surface area contributed by atoms with Crippen LogP contribution in [0.3, 0.4) is 0 Å². The highest BCUT2D eigenvalue weighted by atomic mass is 16.5. The van der Waals surface area contributed by atoms with Crippen LogP contribution in [0.5, 0.6) is 11.5 Å². The van der Waals surface area contributed by atoms with E-state index in [1.807, 2.05) is 0 Å². The van der Waals surface area contributed by atoms with Crippen molar-refractivity contribution in [2.75, 3.05) is 67.1 Å². The topological polar surface area (TPSA) is 98.7 Å². The predicted molar refractivity (Wildman–Crippen MR) is 108 cm³/mol. The average Bonchev–Trinajstić information content (AvgIpc) is 2.71. The van der Waals surface area contributed by atoms with E-state index in [0.717, 1.165) is 37.7 Å². The van der Waals surface area contributed by atoms with Gasteiger partial charge >= 0.3 is 0 Å². The number of piperazine rings is 1. The first-order chi connectivity index (χ1) is 13.6. The summed E-state index contributed by atoms with van der Waals surface area (Å²) in [6.45, 7) is 4.99. The van der Waals surface area contributed by atoms with Crippen molar-refractivity contribution < 1.29 is 19.4 Å². The highest BCUT2D eigenvalue weighted by Crippen LogP contribution is 2.22. The Hall–Kier alpha value is -2.52. The zero-order valence-electron chi connectivity index (χ0n) is 16.9. The first kappa shape index (κ1) is 21.8. The number of rotatable bonds is 8. The fourth-order valence-corrected chi connectivity index (χ4v) is 3.01. The van der Waals surface area contributed by atoms with E-state index in [-0.39, 0.29) is 11.7 Å². The Morgan fingerprint density at radius 3 is 2.61 bits per heavy atom. The Bertz CT molecular complexity index is 660. The minimum absolute atomic E-state index is 0.0153. The number of ether oxygens (including phenoxy) is 2. The zero-order valence-corrected chi connectivity index (χ0v) is 16.9. The Balaban J connectivity index is 1.79. The molecule has 0 aliphatic carbocycles. The zero-order chi connectivity index (χ0) is 20.4. The lowest BCUT2D eigenvalue weighted by atomic mass is 10.2. The van der Waals surface area contributed by atoms with Crippen LogP contribution >= 0.6 is 0 Å². The van der Waals surface area contributed by atoms with Gasteiger partial charge in [-0.2, -0.15) is 0 Å². The lowest BCUT2D eigenvalue weighted by Gasteiger charge is -2.36. The number of hydrogen-bond acceptors (Lipinski definition) is 6. The number of amides is 1. The molecule has 0 spiro atoms. The molecule has 3 N–H and O–H groups in total. The van der Waals surface area contributed by atoms with Crippen LogP contribution in [-0.2, 0) is 16.1 Å². The number of aliphatic imine (C=N–C) groups is 1. The normalized spacial score (nSPS) is 15.4. The number of nitrogens with one attached hydrogen (secondary N) is 2. The van der Waals surface area contributed by atoms with Gasteiger partial charge in [0, 0.05) is 59.0 Å². The quantitative estimate of drug-likeness (QED) is 0.321. The molecule has 1 aliphatic heterocycles. The van der Waals surface area contributed by atoms with E-state index in [0.29, 0.717) is 32.0 Å². The third-order valence-electron chi connectivity index (χ3n) is 4.60. The van der Waals surface area contributed by atoms with E-state index < -0.39 is 0 Å². The van der Waals surface area contributed by atoms with E-state index >= 15 is 0 Å². The van der Waals surface area contributed by atoms with Crippen molar-refractivity contribution in [2.45, 2.75) is 6.54 Å². The summed E-state index contributed by atoms with van der Waals surface area (Å²) in [6.07, 6.45) is 0. The van der Waals surface area contributed by atoms with Crippen molar-refractivity contribution >= 4 is 11.9 Å². The first-order valence-electron chi connectivity index (χ1n) is 9.36. The molecule has 1 heterocycles. The van der Waals surface area contributed by atoms with E-state index in [2.05, 4.69) is 25.4 Å². The van der Waals surface area contributed by atoms with Gasteiger partial charge in [0.25, 0.3) is 0 Å². The minimum atomic E-state index is 0.0153. The number of carbonyl (C=O) groups is 1. The second-order valence-corrected chi connectivity index (χ2v) is 6.50. The lowest BCUT2D eigenvalue weighted by Crippen LogP contribution is -2.54. The second kappa shape index (κ2) is 11.4. The van der Waals surface area contributed by atoms with Crippen molar-refractivity contribution in [3.63, 3.8) is 0 Å². The maximum atomic E-state index is 11.9. The maximum Gasteiger partial charge on any atom is 0.234 e. The van der Waals surface area contributed by atoms with Crippen molar-refractivity contribution in [3.05, 3.63) is 23.8 Å². The number of nitrogens with zero attached hydrogens (tertiary/aromatic N) is 3. The molecule has 1 amide bonds. The van der Waals surface area contributed by atoms with Gasteiger partial charge in [-0.1, -0.05) is 0 Å². The van der Waals surface area contributed by atoms with Crippen LogP contribution in [0.1, 0.15) is 5.56 Å². The Morgan fingerprint density at radius 2 is 1.96 bits per heavy atom. The molecule has 1 aromatic carbocycles. The molecule has 0 radical (unpaired) electrons. The number of aromatic hydroxyl groups is 1. The summed E-state index contributed by atoms with van der Waals surface area (Å²) in [5.74, 6) is 1.70. The van der Waals surface area contributed by atoms with E-state index in [1.54, 1.807) is 39.5 Å². The van der Waals surface area contributed by atoms with Crippen LogP contribution in [-0.4, -0.2) is 93.9 Å². The molecule has 28 heavy (non-hydrogen) atoms. The highest BCUT2D eigenvalue weighted by molar-refractivity contribution is 5.80. The lowest BCUT2D eigenvalue weighted by molar-refractivity contribution is -0.122.